The molecule has 19 heavy (non-hydrogen) atoms. The van der Waals surface area contributed by atoms with Crippen molar-refractivity contribution in [2.45, 2.75) is 24.6 Å². The second-order valence-electron chi connectivity index (χ2n) is 4.77. The van der Waals surface area contributed by atoms with E-state index in [1.807, 2.05) is 18.2 Å². The van der Waals surface area contributed by atoms with E-state index in [1.165, 1.54) is 0 Å². The molecule has 1 aliphatic rings. The molecule has 0 aromatic heterocycles. The van der Waals surface area contributed by atoms with E-state index in [2.05, 4.69) is 12.2 Å². The number of hydrogen-bond acceptors (Lipinski definition) is 4. The van der Waals surface area contributed by atoms with Gasteiger partial charge in [0.15, 0.2) is 11.5 Å². The molecule has 1 fully saturated rings. The molecule has 0 radical (unpaired) electrons. The highest BCUT2D eigenvalue weighted by atomic mass is 32.2. The van der Waals surface area contributed by atoms with Gasteiger partial charge in [0.1, 0.15) is 0 Å². The summed E-state index contributed by atoms with van der Waals surface area (Å²) in [7, 11) is 2.47. The Morgan fingerprint density at radius 1 is 1.26 bits per heavy atom. The largest absolute Gasteiger partial charge is 0.493 e. The van der Waals surface area contributed by atoms with Gasteiger partial charge in [0.2, 0.25) is 0 Å². The number of hydrogen-bond donors (Lipinski definition) is 1. The summed E-state index contributed by atoms with van der Waals surface area (Å²) in [5, 5.41) is 3.72. The molecule has 0 saturated carbocycles. The SMILES string of the molecule is COc1ccc(C2CS(=O)C(C)CCN2)cc1OC. The van der Waals surface area contributed by atoms with Crippen molar-refractivity contribution in [1.82, 2.24) is 5.32 Å². The van der Waals surface area contributed by atoms with Crippen molar-refractivity contribution in [2.24, 2.45) is 0 Å². The first kappa shape index (κ1) is 14.3. The Morgan fingerprint density at radius 3 is 2.68 bits per heavy atom. The maximum absolute atomic E-state index is 12.1. The summed E-state index contributed by atoms with van der Waals surface area (Å²) < 4.78 is 22.6. The second-order valence-corrected chi connectivity index (χ2v) is 6.67. The van der Waals surface area contributed by atoms with Crippen molar-refractivity contribution in [3.63, 3.8) is 0 Å². The molecule has 1 aromatic rings. The summed E-state index contributed by atoms with van der Waals surface area (Å²) in [6, 6.07) is 5.98. The minimum atomic E-state index is -0.783. The summed E-state index contributed by atoms with van der Waals surface area (Å²) in [6.45, 7) is 2.95. The van der Waals surface area contributed by atoms with Crippen LogP contribution in [0.15, 0.2) is 18.2 Å². The molecule has 1 aromatic carbocycles. The van der Waals surface area contributed by atoms with E-state index in [-0.39, 0.29) is 11.3 Å². The van der Waals surface area contributed by atoms with Gasteiger partial charge in [-0.2, -0.15) is 0 Å². The van der Waals surface area contributed by atoms with Gasteiger partial charge in [-0.1, -0.05) is 13.0 Å². The fourth-order valence-electron chi connectivity index (χ4n) is 2.26. The fourth-order valence-corrected chi connectivity index (χ4v) is 3.61. The molecule has 0 spiro atoms. The lowest BCUT2D eigenvalue weighted by Gasteiger charge is -2.17. The fraction of sp³-hybridized carbons (Fsp3) is 0.571. The summed E-state index contributed by atoms with van der Waals surface area (Å²) in [4.78, 5) is 0. The van der Waals surface area contributed by atoms with Crippen LogP contribution in [-0.2, 0) is 10.8 Å². The average molecular weight is 283 g/mol. The Balaban J connectivity index is 2.23. The van der Waals surface area contributed by atoms with Crippen LogP contribution in [0.4, 0.5) is 0 Å². The molecule has 5 heteroatoms. The molecule has 1 N–H and O–H groups in total. The lowest BCUT2D eigenvalue weighted by Crippen LogP contribution is -2.24. The molecule has 3 unspecified atom stereocenters. The molecule has 1 aliphatic heterocycles. The lowest BCUT2D eigenvalue weighted by molar-refractivity contribution is 0.354. The zero-order valence-corrected chi connectivity index (χ0v) is 12.5. The number of nitrogens with one attached hydrogen (secondary N) is 1. The Labute approximate surface area is 116 Å². The number of methoxy groups -OCH3 is 2. The molecule has 0 bridgehead atoms. The predicted molar refractivity (Wildman–Crippen MR) is 77.4 cm³/mol. The smallest absolute Gasteiger partial charge is 0.161 e. The van der Waals surface area contributed by atoms with Crippen LogP contribution >= 0.6 is 0 Å². The first-order valence-corrected chi connectivity index (χ1v) is 7.86. The molecular formula is C14H21NO3S. The van der Waals surface area contributed by atoms with Gasteiger partial charge in [0.05, 0.1) is 14.2 Å². The van der Waals surface area contributed by atoms with E-state index in [0.717, 1.165) is 24.3 Å². The highest BCUT2D eigenvalue weighted by molar-refractivity contribution is 7.85. The normalized spacial score (nSPS) is 27.6. The molecule has 4 nitrogen and oxygen atoms in total. The Hall–Kier alpha value is -1.07. The molecule has 0 amide bonds. The third-order valence-electron chi connectivity index (χ3n) is 3.53. The van der Waals surface area contributed by atoms with Gasteiger partial charge in [0.25, 0.3) is 0 Å². The third kappa shape index (κ3) is 3.28. The van der Waals surface area contributed by atoms with Crippen LogP contribution < -0.4 is 14.8 Å². The summed E-state index contributed by atoms with van der Waals surface area (Å²) in [5.74, 6) is 2.08. The quantitative estimate of drug-likeness (QED) is 0.920. The van der Waals surface area contributed by atoms with Crippen LogP contribution in [0.25, 0.3) is 0 Å². The van der Waals surface area contributed by atoms with Crippen molar-refractivity contribution in [3.8, 4) is 11.5 Å². The van der Waals surface area contributed by atoms with E-state index in [9.17, 15) is 4.21 Å². The van der Waals surface area contributed by atoms with Crippen LogP contribution in [0.3, 0.4) is 0 Å². The van der Waals surface area contributed by atoms with Gasteiger partial charge in [-0.25, -0.2) is 0 Å². The molecule has 2 rings (SSSR count). The zero-order chi connectivity index (χ0) is 13.8. The Bertz CT molecular complexity index is 464. The summed E-state index contributed by atoms with van der Waals surface area (Å²) >= 11 is 0. The van der Waals surface area contributed by atoms with Gasteiger partial charge in [-0.15, -0.1) is 0 Å². The minimum Gasteiger partial charge on any atom is -0.493 e. The standard InChI is InChI=1S/C14H21NO3S/c1-10-6-7-15-12(9-19(10)16)11-4-5-13(17-2)14(8-11)18-3/h4-5,8,10,12,15H,6-7,9H2,1-3H3. The first-order chi connectivity index (χ1) is 9.15. The molecular weight excluding hydrogens is 262 g/mol. The van der Waals surface area contributed by atoms with Crippen molar-refractivity contribution in [2.75, 3.05) is 26.5 Å². The van der Waals surface area contributed by atoms with Crippen molar-refractivity contribution < 1.29 is 13.7 Å². The Kier molecular flexibility index (Phi) is 4.82. The van der Waals surface area contributed by atoms with Gasteiger partial charge in [-0.05, 0) is 30.7 Å². The van der Waals surface area contributed by atoms with Gasteiger partial charge < -0.3 is 14.8 Å². The van der Waals surface area contributed by atoms with Crippen LogP contribution in [0.5, 0.6) is 11.5 Å². The zero-order valence-electron chi connectivity index (χ0n) is 11.6. The average Bonchev–Trinajstić information content (AvgIpc) is 2.60. The monoisotopic (exact) mass is 283 g/mol. The highest BCUT2D eigenvalue weighted by Gasteiger charge is 2.23. The van der Waals surface area contributed by atoms with E-state index in [1.54, 1.807) is 14.2 Å². The maximum atomic E-state index is 12.1. The van der Waals surface area contributed by atoms with E-state index < -0.39 is 10.8 Å². The molecule has 1 saturated heterocycles. The van der Waals surface area contributed by atoms with Crippen molar-refractivity contribution >= 4 is 10.8 Å². The van der Waals surface area contributed by atoms with E-state index >= 15 is 0 Å². The van der Waals surface area contributed by atoms with Gasteiger partial charge in [0, 0.05) is 27.8 Å². The Morgan fingerprint density at radius 2 is 2.00 bits per heavy atom. The van der Waals surface area contributed by atoms with Crippen molar-refractivity contribution in [1.29, 1.82) is 0 Å². The van der Waals surface area contributed by atoms with Crippen LogP contribution in [0, 0.1) is 0 Å². The van der Waals surface area contributed by atoms with Crippen molar-refractivity contribution in [3.05, 3.63) is 23.8 Å². The molecule has 3 atom stereocenters. The molecule has 0 aliphatic carbocycles. The predicted octanol–water partition coefficient (Wildman–Crippen LogP) is 1.88. The van der Waals surface area contributed by atoms with E-state index in [4.69, 9.17) is 9.47 Å². The van der Waals surface area contributed by atoms with E-state index in [0.29, 0.717) is 11.5 Å². The summed E-state index contributed by atoms with van der Waals surface area (Å²) in [5.41, 5.74) is 1.10. The van der Waals surface area contributed by atoms with Gasteiger partial charge in [-0.3, -0.25) is 4.21 Å². The number of rotatable bonds is 3. The lowest BCUT2D eigenvalue weighted by atomic mass is 10.1. The maximum Gasteiger partial charge on any atom is 0.161 e. The second kappa shape index (κ2) is 6.39. The topological polar surface area (TPSA) is 47.6 Å². The molecule has 106 valence electrons. The molecule has 1 heterocycles. The number of ether oxygens (including phenoxy) is 2. The van der Waals surface area contributed by atoms with Crippen LogP contribution in [-0.4, -0.2) is 36.0 Å². The highest BCUT2D eigenvalue weighted by Crippen LogP contribution is 2.31. The van der Waals surface area contributed by atoms with Crippen LogP contribution in [0.1, 0.15) is 24.9 Å². The number of benzene rings is 1. The minimum absolute atomic E-state index is 0.116. The summed E-state index contributed by atoms with van der Waals surface area (Å²) in [6.07, 6.45) is 0.955. The van der Waals surface area contributed by atoms with Crippen LogP contribution in [0.2, 0.25) is 0 Å². The third-order valence-corrected chi connectivity index (χ3v) is 5.33. The van der Waals surface area contributed by atoms with Gasteiger partial charge >= 0.3 is 0 Å². The first-order valence-electron chi connectivity index (χ1n) is 6.48.